The van der Waals surface area contributed by atoms with Crippen LogP contribution in [0.15, 0.2) is 30.0 Å². The van der Waals surface area contributed by atoms with E-state index >= 15 is 0 Å². The number of ether oxygens (including phenoxy) is 1. The molecule has 1 heteroatoms. The highest BCUT2D eigenvalue weighted by atomic mass is 16.5. The largest absolute Gasteiger partial charge is 0.493 e. The molecule has 0 spiro atoms. The lowest BCUT2D eigenvalue weighted by Gasteiger charge is -2.17. The molecule has 1 aromatic rings. The first kappa shape index (κ1) is 11.3. The second-order valence-corrected chi connectivity index (χ2v) is 4.41. The van der Waals surface area contributed by atoms with Gasteiger partial charge in [0, 0.05) is 6.42 Å². The smallest absolute Gasteiger partial charge is 0.113 e. The molecule has 2 rings (SSSR count). The van der Waals surface area contributed by atoms with Gasteiger partial charge in [0.2, 0.25) is 0 Å². The molecule has 1 aliphatic rings. The molecule has 0 fully saturated rings. The fraction of sp³-hybridized carbons (Fsp3) is 0.467. The van der Waals surface area contributed by atoms with Crippen molar-refractivity contribution >= 4 is 6.08 Å². The van der Waals surface area contributed by atoms with Crippen LogP contribution in [-0.4, -0.2) is 0 Å². The summed E-state index contributed by atoms with van der Waals surface area (Å²) in [4.78, 5) is 0. The highest BCUT2D eigenvalue weighted by Crippen LogP contribution is 2.24. The van der Waals surface area contributed by atoms with Crippen molar-refractivity contribution in [2.75, 3.05) is 0 Å². The van der Waals surface area contributed by atoms with Crippen molar-refractivity contribution in [3.63, 3.8) is 0 Å². The van der Waals surface area contributed by atoms with Gasteiger partial charge >= 0.3 is 0 Å². The Hall–Kier alpha value is -1.24. The summed E-state index contributed by atoms with van der Waals surface area (Å²) in [6.45, 7) is 2.99. The number of rotatable bonds is 5. The second-order valence-electron chi connectivity index (χ2n) is 4.41. The summed E-state index contributed by atoms with van der Waals surface area (Å²) in [7, 11) is 0. The molecule has 0 atom stereocenters. The maximum Gasteiger partial charge on any atom is 0.113 e. The summed E-state index contributed by atoms with van der Waals surface area (Å²) in [6.07, 6.45) is 8.49. The predicted octanol–water partition coefficient (Wildman–Crippen LogP) is 4.53. The van der Waals surface area contributed by atoms with E-state index in [1.54, 1.807) is 0 Å². The van der Waals surface area contributed by atoms with E-state index in [4.69, 9.17) is 4.74 Å². The van der Waals surface area contributed by atoms with Gasteiger partial charge in [0.25, 0.3) is 0 Å². The Morgan fingerprint density at radius 1 is 1.12 bits per heavy atom. The Labute approximate surface area is 98.1 Å². The monoisotopic (exact) mass is 216 g/mol. The molecular formula is C15H20O. The van der Waals surface area contributed by atoms with Crippen LogP contribution in [0, 0.1) is 0 Å². The molecule has 1 aliphatic heterocycles. The van der Waals surface area contributed by atoms with E-state index in [0.717, 1.165) is 18.8 Å². The molecule has 1 nitrogen and oxygen atoms in total. The summed E-state index contributed by atoms with van der Waals surface area (Å²) >= 11 is 0. The minimum Gasteiger partial charge on any atom is -0.493 e. The number of unbranched alkanes of at least 4 members (excludes halogenated alkanes) is 3. The Kier molecular flexibility index (Phi) is 4.03. The number of allylic oxidation sites excluding steroid dienone is 1. The predicted molar refractivity (Wildman–Crippen MR) is 68.0 cm³/mol. The number of hydrogen-bond donors (Lipinski definition) is 0. The van der Waals surface area contributed by atoms with Gasteiger partial charge in [-0.2, -0.15) is 0 Å². The molecule has 86 valence electrons. The van der Waals surface area contributed by atoms with Crippen LogP contribution in [0.1, 0.15) is 50.2 Å². The molecule has 0 amide bonds. The third-order valence-corrected chi connectivity index (χ3v) is 3.06. The highest BCUT2D eigenvalue weighted by molar-refractivity contribution is 5.56. The van der Waals surface area contributed by atoms with Crippen molar-refractivity contribution in [2.45, 2.75) is 45.6 Å². The molecule has 0 radical (unpaired) electrons. The van der Waals surface area contributed by atoms with Crippen LogP contribution in [-0.2, 0) is 11.3 Å². The fourth-order valence-corrected chi connectivity index (χ4v) is 2.06. The standard InChI is InChI=1S/C15H20O/c1-2-3-4-5-10-15-11-13-8-6-7-9-14(13)12-16-15/h6-9,11H,2-5,10,12H2,1H3. The average molecular weight is 216 g/mol. The van der Waals surface area contributed by atoms with Crippen molar-refractivity contribution in [3.8, 4) is 0 Å². The minimum absolute atomic E-state index is 0.746. The van der Waals surface area contributed by atoms with Crippen LogP contribution in [0.2, 0.25) is 0 Å². The van der Waals surface area contributed by atoms with Crippen LogP contribution in [0.3, 0.4) is 0 Å². The molecule has 0 saturated carbocycles. The van der Waals surface area contributed by atoms with Crippen LogP contribution < -0.4 is 0 Å². The first-order chi connectivity index (χ1) is 7.90. The summed E-state index contributed by atoms with van der Waals surface area (Å²) in [5, 5.41) is 0. The SMILES string of the molecule is CCCCCCC1=Cc2ccccc2CO1. The van der Waals surface area contributed by atoms with E-state index in [9.17, 15) is 0 Å². The lowest BCUT2D eigenvalue weighted by molar-refractivity contribution is 0.186. The van der Waals surface area contributed by atoms with Crippen molar-refractivity contribution in [1.29, 1.82) is 0 Å². The molecule has 16 heavy (non-hydrogen) atoms. The summed E-state index contributed by atoms with van der Waals surface area (Å²) < 4.78 is 5.75. The van der Waals surface area contributed by atoms with Gasteiger partial charge in [-0.3, -0.25) is 0 Å². The normalized spacial score (nSPS) is 13.9. The molecule has 0 saturated heterocycles. The van der Waals surface area contributed by atoms with Crippen LogP contribution in [0.4, 0.5) is 0 Å². The fourth-order valence-electron chi connectivity index (χ4n) is 2.06. The lowest BCUT2D eigenvalue weighted by atomic mass is 10.0. The number of benzene rings is 1. The Morgan fingerprint density at radius 2 is 2.00 bits per heavy atom. The lowest BCUT2D eigenvalue weighted by Crippen LogP contribution is -2.02. The molecule has 1 heterocycles. The molecule has 0 bridgehead atoms. The van der Waals surface area contributed by atoms with Gasteiger partial charge in [0.1, 0.15) is 6.61 Å². The molecule has 0 unspecified atom stereocenters. The zero-order valence-corrected chi connectivity index (χ0v) is 10.0. The van der Waals surface area contributed by atoms with E-state index in [1.165, 1.54) is 36.8 Å². The Morgan fingerprint density at radius 3 is 2.88 bits per heavy atom. The molecule has 0 aromatic heterocycles. The molecule has 1 aromatic carbocycles. The third kappa shape index (κ3) is 2.88. The average Bonchev–Trinajstić information content (AvgIpc) is 2.34. The van der Waals surface area contributed by atoms with Crippen LogP contribution in [0.25, 0.3) is 6.08 Å². The van der Waals surface area contributed by atoms with Crippen molar-refractivity contribution < 1.29 is 4.74 Å². The number of fused-ring (bicyclic) bond motifs is 1. The van der Waals surface area contributed by atoms with Gasteiger partial charge in [-0.05, 0) is 23.6 Å². The van der Waals surface area contributed by atoms with Crippen LogP contribution in [0.5, 0.6) is 0 Å². The Balaban J connectivity index is 1.91. The summed E-state index contributed by atoms with van der Waals surface area (Å²) in [5.41, 5.74) is 2.64. The summed E-state index contributed by atoms with van der Waals surface area (Å²) in [5.74, 6) is 1.16. The quantitative estimate of drug-likeness (QED) is 0.657. The van der Waals surface area contributed by atoms with Gasteiger partial charge < -0.3 is 4.74 Å². The molecular weight excluding hydrogens is 196 g/mol. The first-order valence-electron chi connectivity index (χ1n) is 6.31. The van der Waals surface area contributed by atoms with Gasteiger partial charge in [0.15, 0.2) is 0 Å². The second kappa shape index (κ2) is 5.74. The number of hydrogen-bond acceptors (Lipinski definition) is 1. The Bertz CT molecular complexity index is 365. The highest BCUT2D eigenvalue weighted by Gasteiger charge is 2.09. The van der Waals surface area contributed by atoms with Gasteiger partial charge in [-0.15, -0.1) is 0 Å². The van der Waals surface area contributed by atoms with Crippen molar-refractivity contribution in [3.05, 3.63) is 41.2 Å². The van der Waals surface area contributed by atoms with Gasteiger partial charge in [0.05, 0.1) is 5.76 Å². The van der Waals surface area contributed by atoms with Crippen molar-refractivity contribution in [2.24, 2.45) is 0 Å². The van der Waals surface area contributed by atoms with E-state index in [0.29, 0.717) is 0 Å². The minimum atomic E-state index is 0.746. The van der Waals surface area contributed by atoms with Gasteiger partial charge in [-0.1, -0.05) is 50.5 Å². The van der Waals surface area contributed by atoms with Crippen molar-refractivity contribution in [1.82, 2.24) is 0 Å². The first-order valence-corrected chi connectivity index (χ1v) is 6.31. The molecule has 0 N–H and O–H groups in total. The maximum absolute atomic E-state index is 5.75. The van der Waals surface area contributed by atoms with E-state index in [1.807, 2.05) is 0 Å². The summed E-state index contributed by atoms with van der Waals surface area (Å²) in [6, 6.07) is 8.47. The maximum atomic E-state index is 5.75. The zero-order valence-electron chi connectivity index (χ0n) is 10.0. The van der Waals surface area contributed by atoms with E-state index in [-0.39, 0.29) is 0 Å². The van der Waals surface area contributed by atoms with E-state index in [2.05, 4.69) is 37.3 Å². The third-order valence-electron chi connectivity index (χ3n) is 3.06. The van der Waals surface area contributed by atoms with Crippen LogP contribution >= 0.6 is 0 Å². The van der Waals surface area contributed by atoms with Gasteiger partial charge in [-0.25, -0.2) is 0 Å². The topological polar surface area (TPSA) is 9.23 Å². The van der Waals surface area contributed by atoms with E-state index < -0.39 is 0 Å². The molecule has 0 aliphatic carbocycles. The zero-order chi connectivity index (χ0) is 11.2.